The molecule has 0 aliphatic carbocycles. The zero-order valence-electron chi connectivity index (χ0n) is 12.2. The van der Waals surface area contributed by atoms with Crippen LogP contribution < -0.4 is 4.74 Å². The lowest BCUT2D eigenvalue weighted by molar-refractivity contribution is 0.0450. The minimum Gasteiger partial charge on any atom is -0.488 e. The predicted octanol–water partition coefficient (Wildman–Crippen LogP) is 2.97. The van der Waals surface area contributed by atoms with Gasteiger partial charge in [0.25, 0.3) is 0 Å². The van der Waals surface area contributed by atoms with Crippen LogP contribution in [0.5, 0.6) is 5.75 Å². The molecule has 0 aliphatic heterocycles. The van der Waals surface area contributed by atoms with Crippen molar-refractivity contribution >= 4 is 5.97 Å². The summed E-state index contributed by atoms with van der Waals surface area (Å²) in [5.74, 6) is 0.888. The fourth-order valence-corrected chi connectivity index (χ4v) is 1.94. The summed E-state index contributed by atoms with van der Waals surface area (Å²) in [4.78, 5) is 19.7. The van der Waals surface area contributed by atoms with E-state index in [1.807, 2.05) is 0 Å². The SMILES string of the molecule is O=C(OCCOc1cccnc1)c1ccc(-c2cnco2)cc1. The molecule has 0 radical (unpaired) electrons. The number of ether oxygens (including phenoxy) is 2. The highest BCUT2D eigenvalue weighted by atomic mass is 16.6. The molecule has 0 atom stereocenters. The maximum absolute atomic E-state index is 11.9. The largest absolute Gasteiger partial charge is 0.488 e. The van der Waals surface area contributed by atoms with Crippen molar-refractivity contribution in [1.82, 2.24) is 9.97 Å². The summed E-state index contributed by atoms with van der Waals surface area (Å²) >= 11 is 0. The molecule has 1 aromatic carbocycles. The lowest BCUT2D eigenvalue weighted by Gasteiger charge is -2.07. The Labute approximate surface area is 132 Å². The normalized spacial score (nSPS) is 10.3. The van der Waals surface area contributed by atoms with Gasteiger partial charge in [0.15, 0.2) is 12.2 Å². The number of nitrogens with zero attached hydrogens (tertiary/aromatic N) is 2. The minimum absolute atomic E-state index is 0.164. The summed E-state index contributed by atoms with van der Waals surface area (Å²) in [5.41, 5.74) is 1.31. The summed E-state index contributed by atoms with van der Waals surface area (Å²) in [5, 5.41) is 0. The molecule has 3 aromatic rings. The fourth-order valence-electron chi connectivity index (χ4n) is 1.94. The molecule has 0 spiro atoms. The topological polar surface area (TPSA) is 74.5 Å². The van der Waals surface area contributed by atoms with Crippen LogP contribution in [-0.4, -0.2) is 29.2 Å². The summed E-state index contributed by atoms with van der Waals surface area (Å²) < 4.78 is 15.8. The number of rotatable bonds is 6. The monoisotopic (exact) mass is 310 g/mol. The number of benzene rings is 1. The number of hydrogen-bond donors (Lipinski definition) is 0. The highest BCUT2D eigenvalue weighted by molar-refractivity contribution is 5.89. The van der Waals surface area contributed by atoms with Gasteiger partial charge >= 0.3 is 5.97 Å². The number of hydrogen-bond acceptors (Lipinski definition) is 6. The van der Waals surface area contributed by atoms with E-state index in [-0.39, 0.29) is 13.2 Å². The maximum Gasteiger partial charge on any atom is 0.338 e. The Balaban J connectivity index is 1.48. The van der Waals surface area contributed by atoms with Crippen LogP contribution in [-0.2, 0) is 4.74 Å². The Kier molecular flexibility index (Phi) is 4.63. The van der Waals surface area contributed by atoms with Gasteiger partial charge in [-0.25, -0.2) is 9.78 Å². The molecule has 0 bridgehead atoms. The van der Waals surface area contributed by atoms with Crippen molar-refractivity contribution in [1.29, 1.82) is 0 Å². The van der Waals surface area contributed by atoms with E-state index in [1.54, 1.807) is 55.0 Å². The van der Waals surface area contributed by atoms with Gasteiger partial charge in [-0.1, -0.05) is 12.1 Å². The number of oxazole rings is 1. The molecule has 0 unspecified atom stereocenters. The molecular formula is C17H14N2O4. The summed E-state index contributed by atoms with van der Waals surface area (Å²) in [6.45, 7) is 0.436. The summed E-state index contributed by atoms with van der Waals surface area (Å²) in [7, 11) is 0. The molecule has 0 aliphatic rings. The molecule has 0 saturated heterocycles. The van der Waals surface area contributed by atoms with Gasteiger partial charge in [0.1, 0.15) is 19.0 Å². The predicted molar refractivity (Wildman–Crippen MR) is 82.0 cm³/mol. The minimum atomic E-state index is -0.399. The van der Waals surface area contributed by atoms with Crippen LogP contribution in [0.3, 0.4) is 0 Å². The first-order valence-corrected chi connectivity index (χ1v) is 7.02. The third-order valence-electron chi connectivity index (χ3n) is 3.06. The zero-order chi connectivity index (χ0) is 15.9. The van der Waals surface area contributed by atoms with Crippen LogP contribution in [0, 0.1) is 0 Å². The second-order valence-electron chi connectivity index (χ2n) is 4.62. The molecule has 3 rings (SSSR count). The molecule has 23 heavy (non-hydrogen) atoms. The second-order valence-corrected chi connectivity index (χ2v) is 4.62. The Morgan fingerprint density at radius 2 is 1.91 bits per heavy atom. The first kappa shape index (κ1) is 14.8. The highest BCUT2D eigenvalue weighted by Crippen LogP contribution is 2.19. The van der Waals surface area contributed by atoms with E-state index in [4.69, 9.17) is 13.9 Å². The van der Waals surface area contributed by atoms with Crippen molar-refractivity contribution in [3.05, 3.63) is 66.9 Å². The van der Waals surface area contributed by atoms with Gasteiger partial charge in [-0.05, 0) is 24.3 Å². The number of aromatic nitrogens is 2. The molecule has 6 nitrogen and oxygen atoms in total. The first-order chi connectivity index (χ1) is 11.3. The van der Waals surface area contributed by atoms with E-state index in [2.05, 4.69) is 9.97 Å². The number of carbonyl (C=O) groups is 1. The van der Waals surface area contributed by atoms with Gasteiger partial charge in [0.2, 0.25) is 0 Å². The second kappa shape index (κ2) is 7.22. The van der Waals surface area contributed by atoms with E-state index >= 15 is 0 Å². The van der Waals surface area contributed by atoms with Gasteiger partial charge in [-0.3, -0.25) is 4.98 Å². The summed E-state index contributed by atoms with van der Waals surface area (Å²) in [6.07, 6.45) is 6.24. The Morgan fingerprint density at radius 1 is 1.04 bits per heavy atom. The van der Waals surface area contributed by atoms with Gasteiger partial charge in [0.05, 0.1) is 18.0 Å². The van der Waals surface area contributed by atoms with Crippen molar-refractivity contribution in [3.8, 4) is 17.1 Å². The van der Waals surface area contributed by atoms with Crippen LogP contribution in [0.4, 0.5) is 0 Å². The van der Waals surface area contributed by atoms with Crippen LogP contribution in [0.15, 0.2) is 65.8 Å². The maximum atomic E-state index is 11.9. The molecule has 2 aromatic heterocycles. The van der Waals surface area contributed by atoms with Crippen LogP contribution in [0.25, 0.3) is 11.3 Å². The van der Waals surface area contributed by atoms with Crippen molar-refractivity contribution in [3.63, 3.8) is 0 Å². The molecule has 0 fully saturated rings. The molecular weight excluding hydrogens is 296 g/mol. The third-order valence-corrected chi connectivity index (χ3v) is 3.06. The van der Waals surface area contributed by atoms with E-state index in [0.29, 0.717) is 17.1 Å². The van der Waals surface area contributed by atoms with E-state index in [1.165, 1.54) is 6.39 Å². The van der Waals surface area contributed by atoms with Crippen LogP contribution >= 0.6 is 0 Å². The third kappa shape index (κ3) is 3.94. The van der Waals surface area contributed by atoms with Crippen molar-refractivity contribution in [2.24, 2.45) is 0 Å². The lowest BCUT2D eigenvalue weighted by Crippen LogP contribution is -2.12. The van der Waals surface area contributed by atoms with Crippen molar-refractivity contribution in [2.75, 3.05) is 13.2 Å². The van der Waals surface area contributed by atoms with Gasteiger partial charge in [-0.2, -0.15) is 0 Å². The first-order valence-electron chi connectivity index (χ1n) is 7.02. The molecule has 0 saturated carbocycles. The average molecular weight is 310 g/mol. The summed E-state index contributed by atoms with van der Waals surface area (Å²) in [6, 6.07) is 10.5. The molecule has 0 N–H and O–H groups in total. The van der Waals surface area contributed by atoms with E-state index < -0.39 is 5.97 Å². The van der Waals surface area contributed by atoms with Gasteiger partial charge < -0.3 is 13.9 Å². The quantitative estimate of drug-likeness (QED) is 0.515. The molecule has 0 amide bonds. The lowest BCUT2D eigenvalue weighted by atomic mass is 10.1. The Morgan fingerprint density at radius 3 is 2.61 bits per heavy atom. The van der Waals surface area contributed by atoms with E-state index in [9.17, 15) is 4.79 Å². The Bertz CT molecular complexity index is 740. The van der Waals surface area contributed by atoms with Crippen LogP contribution in [0.1, 0.15) is 10.4 Å². The van der Waals surface area contributed by atoms with Gasteiger partial charge in [0, 0.05) is 11.8 Å². The van der Waals surface area contributed by atoms with Crippen molar-refractivity contribution in [2.45, 2.75) is 0 Å². The number of esters is 1. The van der Waals surface area contributed by atoms with Gasteiger partial charge in [-0.15, -0.1) is 0 Å². The average Bonchev–Trinajstić information content (AvgIpc) is 3.14. The zero-order valence-corrected chi connectivity index (χ0v) is 12.2. The smallest absolute Gasteiger partial charge is 0.338 e. The number of pyridine rings is 1. The molecule has 2 heterocycles. The number of carbonyl (C=O) groups excluding carboxylic acids is 1. The van der Waals surface area contributed by atoms with Crippen LogP contribution in [0.2, 0.25) is 0 Å². The Hall–Kier alpha value is -3.15. The standard InChI is InChI=1S/C17H14N2O4/c20-17(22-9-8-21-15-2-1-7-18-10-15)14-5-3-13(4-6-14)16-11-19-12-23-16/h1-7,10-12H,8-9H2. The molecule has 6 heteroatoms. The van der Waals surface area contributed by atoms with E-state index in [0.717, 1.165) is 5.56 Å². The molecule has 116 valence electrons. The van der Waals surface area contributed by atoms with Crippen molar-refractivity contribution < 1.29 is 18.7 Å². The highest BCUT2D eigenvalue weighted by Gasteiger charge is 2.08. The fraction of sp³-hybridized carbons (Fsp3) is 0.118.